The van der Waals surface area contributed by atoms with Crippen LogP contribution in [-0.2, 0) is 13.0 Å². The molecule has 2 amide bonds. The van der Waals surface area contributed by atoms with Gasteiger partial charge in [-0.1, -0.05) is 18.2 Å². The van der Waals surface area contributed by atoms with Crippen molar-refractivity contribution < 1.29 is 9.53 Å². The number of benzene rings is 1. The maximum atomic E-state index is 11.7. The highest BCUT2D eigenvalue weighted by Gasteiger charge is 2.22. The van der Waals surface area contributed by atoms with Crippen molar-refractivity contribution in [3.8, 4) is 5.75 Å². The van der Waals surface area contributed by atoms with Crippen LogP contribution in [-0.4, -0.2) is 40.0 Å². The van der Waals surface area contributed by atoms with Crippen molar-refractivity contribution in [2.75, 3.05) is 13.1 Å². The van der Waals surface area contributed by atoms with Gasteiger partial charge in [0.25, 0.3) is 0 Å². The van der Waals surface area contributed by atoms with Gasteiger partial charge in [0.05, 0.1) is 6.54 Å². The van der Waals surface area contributed by atoms with Crippen LogP contribution in [0.2, 0.25) is 0 Å². The third-order valence-electron chi connectivity index (χ3n) is 3.52. The topological polar surface area (TPSA) is 81.1 Å². The first kappa shape index (κ1) is 14.4. The minimum absolute atomic E-state index is 0.0123. The smallest absolute Gasteiger partial charge is 0.314 e. The van der Waals surface area contributed by atoms with Crippen LogP contribution in [0.25, 0.3) is 0 Å². The predicted octanol–water partition coefficient (Wildman–Crippen LogP) is 0.971. The fraction of sp³-hybridized carbons (Fsp3) is 0.400. The van der Waals surface area contributed by atoms with Crippen LogP contribution in [0.15, 0.2) is 36.9 Å². The highest BCUT2D eigenvalue weighted by Crippen LogP contribution is 2.27. The molecule has 0 spiro atoms. The highest BCUT2D eigenvalue weighted by atomic mass is 16.5. The molecule has 3 rings (SSSR count). The van der Waals surface area contributed by atoms with Crippen molar-refractivity contribution in [3.05, 3.63) is 42.5 Å². The summed E-state index contributed by atoms with van der Waals surface area (Å²) in [6.07, 6.45) is 4.82. The molecule has 1 atom stereocenters. The van der Waals surface area contributed by atoms with E-state index in [1.165, 1.54) is 11.9 Å². The third kappa shape index (κ3) is 3.75. The second-order valence-corrected chi connectivity index (χ2v) is 5.20. The van der Waals surface area contributed by atoms with Crippen LogP contribution in [0.4, 0.5) is 4.79 Å². The molecule has 0 aliphatic carbocycles. The van der Waals surface area contributed by atoms with E-state index in [1.54, 1.807) is 11.0 Å². The minimum Gasteiger partial charge on any atom is -0.488 e. The molecule has 0 unspecified atom stereocenters. The molecule has 0 fully saturated rings. The number of urea groups is 1. The van der Waals surface area contributed by atoms with E-state index in [4.69, 9.17) is 4.74 Å². The van der Waals surface area contributed by atoms with Gasteiger partial charge in [0.15, 0.2) is 0 Å². The Bertz CT molecular complexity index is 589. The molecular formula is C15H19N5O2. The molecule has 7 heteroatoms. The van der Waals surface area contributed by atoms with Crippen LogP contribution < -0.4 is 15.4 Å². The summed E-state index contributed by atoms with van der Waals surface area (Å²) in [7, 11) is 0. The maximum Gasteiger partial charge on any atom is 0.314 e. The first-order chi connectivity index (χ1) is 10.8. The third-order valence-corrected chi connectivity index (χ3v) is 3.52. The quantitative estimate of drug-likeness (QED) is 0.779. The van der Waals surface area contributed by atoms with Gasteiger partial charge in [-0.05, 0) is 18.1 Å². The lowest BCUT2D eigenvalue weighted by Gasteiger charge is -2.12. The van der Waals surface area contributed by atoms with Crippen LogP contribution in [0.3, 0.4) is 0 Å². The largest absolute Gasteiger partial charge is 0.488 e. The summed E-state index contributed by atoms with van der Waals surface area (Å²) in [5.74, 6) is 0.919. The van der Waals surface area contributed by atoms with Gasteiger partial charge in [0.2, 0.25) is 0 Å². The summed E-state index contributed by atoms with van der Waals surface area (Å²) < 4.78 is 7.51. The summed E-state index contributed by atoms with van der Waals surface area (Å²) >= 11 is 0. The van der Waals surface area contributed by atoms with Crippen LogP contribution >= 0.6 is 0 Å². The van der Waals surface area contributed by atoms with Gasteiger partial charge in [0.1, 0.15) is 24.5 Å². The van der Waals surface area contributed by atoms with E-state index in [1.807, 2.05) is 18.2 Å². The van der Waals surface area contributed by atoms with Crippen molar-refractivity contribution in [1.29, 1.82) is 0 Å². The van der Waals surface area contributed by atoms with Gasteiger partial charge in [-0.15, -0.1) is 0 Å². The Labute approximate surface area is 128 Å². The number of fused-ring (bicyclic) bond motifs is 1. The molecule has 0 saturated carbocycles. The molecule has 7 nitrogen and oxygen atoms in total. The Kier molecular flexibility index (Phi) is 4.53. The molecule has 2 aromatic rings. The molecule has 0 radical (unpaired) electrons. The number of hydrogen-bond acceptors (Lipinski definition) is 4. The lowest BCUT2D eigenvalue weighted by atomic mass is 10.1. The second kappa shape index (κ2) is 6.93. The molecule has 2 heterocycles. The maximum absolute atomic E-state index is 11.7. The van der Waals surface area contributed by atoms with Crippen LogP contribution in [0.1, 0.15) is 12.0 Å². The average Bonchev–Trinajstić information content (AvgIpc) is 3.18. The van der Waals surface area contributed by atoms with E-state index in [-0.39, 0.29) is 12.1 Å². The SMILES string of the molecule is O=C(NCCCn1cncn1)NC[C@H]1Cc2ccccc2O1. The minimum atomic E-state index is -0.168. The molecule has 1 aliphatic rings. The van der Waals surface area contributed by atoms with Gasteiger partial charge in [-0.25, -0.2) is 9.78 Å². The molecule has 22 heavy (non-hydrogen) atoms. The van der Waals surface area contributed by atoms with Gasteiger partial charge in [0, 0.05) is 19.5 Å². The van der Waals surface area contributed by atoms with E-state index < -0.39 is 0 Å². The molecule has 1 aromatic heterocycles. The summed E-state index contributed by atoms with van der Waals surface area (Å²) in [6.45, 7) is 1.84. The van der Waals surface area contributed by atoms with Crippen molar-refractivity contribution in [1.82, 2.24) is 25.4 Å². The zero-order valence-electron chi connectivity index (χ0n) is 12.2. The number of para-hydroxylation sites is 1. The van der Waals surface area contributed by atoms with E-state index in [2.05, 4.69) is 26.8 Å². The first-order valence-electron chi connectivity index (χ1n) is 7.40. The Morgan fingerprint density at radius 1 is 1.36 bits per heavy atom. The standard InChI is InChI=1S/C15H19N5O2/c21-15(17-6-3-7-20-11-16-10-19-20)18-9-13-8-12-4-1-2-5-14(12)22-13/h1-2,4-5,10-11,13H,3,6-9H2,(H2,17,18,21)/t13-/m1/s1. The van der Waals surface area contributed by atoms with Crippen LogP contribution in [0.5, 0.6) is 5.75 Å². The number of nitrogens with one attached hydrogen (secondary N) is 2. The Balaban J connectivity index is 1.30. The van der Waals surface area contributed by atoms with Crippen molar-refractivity contribution in [2.45, 2.75) is 25.5 Å². The Morgan fingerprint density at radius 2 is 2.27 bits per heavy atom. The summed E-state index contributed by atoms with van der Waals surface area (Å²) in [4.78, 5) is 15.6. The Hall–Kier alpha value is -2.57. The predicted molar refractivity (Wildman–Crippen MR) is 80.6 cm³/mol. The number of carbonyl (C=O) groups excluding carboxylic acids is 1. The number of carbonyl (C=O) groups is 1. The lowest BCUT2D eigenvalue weighted by molar-refractivity contribution is 0.214. The molecule has 1 aliphatic heterocycles. The van der Waals surface area contributed by atoms with Crippen molar-refractivity contribution in [2.24, 2.45) is 0 Å². The van der Waals surface area contributed by atoms with Crippen molar-refractivity contribution >= 4 is 6.03 Å². The highest BCUT2D eigenvalue weighted by molar-refractivity contribution is 5.73. The average molecular weight is 301 g/mol. The fourth-order valence-corrected chi connectivity index (χ4v) is 2.43. The number of rotatable bonds is 6. The zero-order chi connectivity index (χ0) is 15.2. The van der Waals surface area contributed by atoms with Gasteiger partial charge in [-0.2, -0.15) is 5.10 Å². The summed E-state index contributed by atoms with van der Waals surface area (Å²) in [6, 6.07) is 7.80. The van der Waals surface area contributed by atoms with Gasteiger partial charge < -0.3 is 15.4 Å². The molecule has 1 aromatic carbocycles. The van der Waals surface area contributed by atoms with E-state index in [0.717, 1.165) is 25.1 Å². The lowest BCUT2D eigenvalue weighted by Crippen LogP contribution is -2.41. The summed E-state index contributed by atoms with van der Waals surface area (Å²) in [5.41, 5.74) is 1.20. The normalized spacial score (nSPS) is 15.9. The number of ether oxygens (including phenoxy) is 1. The Morgan fingerprint density at radius 3 is 3.09 bits per heavy atom. The van der Waals surface area contributed by atoms with Gasteiger partial charge in [-0.3, -0.25) is 4.68 Å². The van der Waals surface area contributed by atoms with Gasteiger partial charge >= 0.3 is 6.03 Å². The van der Waals surface area contributed by atoms with Crippen molar-refractivity contribution in [3.63, 3.8) is 0 Å². The number of amides is 2. The number of hydrogen-bond donors (Lipinski definition) is 2. The second-order valence-electron chi connectivity index (χ2n) is 5.20. The zero-order valence-corrected chi connectivity index (χ0v) is 12.2. The number of aromatic nitrogens is 3. The molecule has 2 N–H and O–H groups in total. The molecule has 0 bridgehead atoms. The van der Waals surface area contributed by atoms with E-state index in [9.17, 15) is 4.79 Å². The molecule has 0 saturated heterocycles. The molecule has 116 valence electrons. The van der Waals surface area contributed by atoms with Crippen LogP contribution in [0, 0.1) is 0 Å². The monoisotopic (exact) mass is 301 g/mol. The first-order valence-corrected chi connectivity index (χ1v) is 7.40. The fourth-order valence-electron chi connectivity index (χ4n) is 2.43. The van der Waals surface area contributed by atoms with E-state index in [0.29, 0.717) is 13.1 Å². The van der Waals surface area contributed by atoms with E-state index >= 15 is 0 Å². The molecular weight excluding hydrogens is 282 g/mol. The number of nitrogens with zero attached hydrogens (tertiary/aromatic N) is 3. The number of aryl methyl sites for hydroxylation is 1. The summed E-state index contributed by atoms with van der Waals surface area (Å²) in [5, 5.41) is 9.67.